The van der Waals surface area contributed by atoms with E-state index in [9.17, 15) is 0 Å². The van der Waals surface area contributed by atoms with Crippen LogP contribution >= 0.6 is 0 Å². The van der Waals surface area contributed by atoms with E-state index in [2.05, 4.69) is 25.7 Å². The van der Waals surface area contributed by atoms with Crippen LogP contribution in [0.5, 0.6) is 0 Å². The van der Waals surface area contributed by atoms with Crippen LogP contribution in [0.15, 0.2) is 0 Å². The lowest BCUT2D eigenvalue weighted by Crippen LogP contribution is -2.29. The van der Waals surface area contributed by atoms with E-state index in [-0.39, 0.29) is 0 Å². The van der Waals surface area contributed by atoms with Gasteiger partial charge in [-0.05, 0) is 126 Å². The summed E-state index contributed by atoms with van der Waals surface area (Å²) in [6, 6.07) is 0. The van der Waals surface area contributed by atoms with Gasteiger partial charge in [0, 0.05) is 18.4 Å². The quantitative estimate of drug-likeness (QED) is 0.254. The molecular formula is C33H56O. The highest BCUT2D eigenvalue weighted by Gasteiger charge is 2.34. The Hall–Kier alpha value is -0.480. The summed E-state index contributed by atoms with van der Waals surface area (Å²) in [4.78, 5) is 0. The summed E-state index contributed by atoms with van der Waals surface area (Å²) < 4.78 is 5.81. The third-order valence-electron chi connectivity index (χ3n) is 10.6. The first-order valence-electron chi connectivity index (χ1n) is 15.9. The zero-order valence-corrected chi connectivity index (χ0v) is 22.9. The Kier molecular flexibility index (Phi) is 11.2. The van der Waals surface area contributed by atoms with Crippen LogP contribution in [-0.4, -0.2) is 12.7 Å². The van der Waals surface area contributed by atoms with Gasteiger partial charge in [-0.3, -0.25) is 0 Å². The second kappa shape index (κ2) is 14.3. The minimum atomic E-state index is 0.513. The zero-order valence-electron chi connectivity index (χ0n) is 22.9. The van der Waals surface area contributed by atoms with Gasteiger partial charge in [0.25, 0.3) is 0 Å². The fraction of sp³-hybridized carbons (Fsp3) is 0.939. The van der Waals surface area contributed by atoms with Gasteiger partial charge in [0.15, 0.2) is 0 Å². The highest BCUT2D eigenvalue weighted by atomic mass is 16.5. The number of hydrogen-bond acceptors (Lipinski definition) is 1. The second-order valence-corrected chi connectivity index (χ2v) is 12.8. The molecular weight excluding hydrogens is 412 g/mol. The van der Waals surface area contributed by atoms with Crippen molar-refractivity contribution in [1.29, 1.82) is 0 Å². The van der Waals surface area contributed by atoms with Crippen molar-refractivity contribution >= 4 is 0 Å². The molecule has 0 unspecified atom stereocenters. The van der Waals surface area contributed by atoms with E-state index in [0.29, 0.717) is 17.9 Å². The number of unbranched alkanes of at least 4 members (excludes halogenated alkanes) is 2. The lowest BCUT2D eigenvalue weighted by molar-refractivity contribution is 0.0310. The first kappa shape index (κ1) is 26.6. The van der Waals surface area contributed by atoms with Crippen LogP contribution in [0.1, 0.15) is 142 Å². The fourth-order valence-corrected chi connectivity index (χ4v) is 8.30. The third kappa shape index (κ3) is 8.02. The van der Waals surface area contributed by atoms with Gasteiger partial charge in [-0.2, -0.15) is 0 Å². The van der Waals surface area contributed by atoms with Crippen LogP contribution in [0.2, 0.25) is 0 Å². The maximum absolute atomic E-state index is 5.81. The van der Waals surface area contributed by atoms with Crippen molar-refractivity contribution in [2.75, 3.05) is 6.61 Å². The average molecular weight is 469 g/mol. The highest BCUT2D eigenvalue weighted by Crippen LogP contribution is 2.46. The molecule has 4 aliphatic carbocycles. The van der Waals surface area contributed by atoms with E-state index in [1.54, 1.807) is 51.4 Å². The number of rotatable bonds is 8. The van der Waals surface area contributed by atoms with Gasteiger partial charge in [0.1, 0.15) is 0 Å². The third-order valence-corrected chi connectivity index (χ3v) is 10.6. The number of ether oxygens (including phenoxy) is 1. The molecule has 0 saturated heterocycles. The Morgan fingerprint density at radius 1 is 0.529 bits per heavy atom. The lowest BCUT2D eigenvalue weighted by Gasteiger charge is -2.41. The molecule has 0 radical (unpaired) electrons. The minimum Gasteiger partial charge on any atom is -0.379 e. The Morgan fingerprint density at radius 2 is 0.971 bits per heavy atom. The summed E-state index contributed by atoms with van der Waals surface area (Å²) in [6.07, 6.45) is 29.4. The first-order chi connectivity index (χ1) is 16.7. The van der Waals surface area contributed by atoms with Gasteiger partial charge >= 0.3 is 0 Å². The average Bonchev–Trinajstić information content (AvgIpc) is 2.89. The van der Waals surface area contributed by atoms with Crippen molar-refractivity contribution in [2.24, 2.45) is 41.4 Å². The van der Waals surface area contributed by atoms with Gasteiger partial charge in [-0.15, -0.1) is 0 Å². The predicted octanol–water partition coefficient (Wildman–Crippen LogP) is 9.58. The van der Waals surface area contributed by atoms with Gasteiger partial charge in [0.05, 0.1) is 6.10 Å². The summed E-state index contributed by atoms with van der Waals surface area (Å²) in [5, 5.41) is 0. The smallest absolute Gasteiger partial charge is 0.0575 e. The first-order valence-corrected chi connectivity index (χ1v) is 15.9. The molecule has 4 fully saturated rings. The van der Waals surface area contributed by atoms with E-state index in [4.69, 9.17) is 4.74 Å². The summed E-state index contributed by atoms with van der Waals surface area (Å²) in [7, 11) is 0. The van der Waals surface area contributed by atoms with Crippen molar-refractivity contribution in [3.8, 4) is 11.8 Å². The normalized spacial score (nSPS) is 39.2. The molecule has 4 aliphatic rings. The maximum Gasteiger partial charge on any atom is 0.0575 e. The SMILES string of the molecule is CCCCCC1CCC(C2CCC(C3CCC(C#CC4CCC(OCC)CC4)CC3)CC2)CC1. The molecule has 1 heteroatoms. The minimum absolute atomic E-state index is 0.513. The molecule has 0 bridgehead atoms. The molecule has 0 aliphatic heterocycles. The van der Waals surface area contributed by atoms with Gasteiger partial charge in [-0.25, -0.2) is 0 Å². The molecule has 4 saturated carbocycles. The van der Waals surface area contributed by atoms with E-state index >= 15 is 0 Å². The van der Waals surface area contributed by atoms with Crippen molar-refractivity contribution < 1.29 is 4.74 Å². The Morgan fingerprint density at radius 3 is 1.44 bits per heavy atom. The molecule has 34 heavy (non-hydrogen) atoms. The molecule has 194 valence electrons. The molecule has 0 aromatic rings. The van der Waals surface area contributed by atoms with E-state index in [1.807, 2.05) is 0 Å². The second-order valence-electron chi connectivity index (χ2n) is 12.8. The predicted molar refractivity (Wildman–Crippen MR) is 146 cm³/mol. The van der Waals surface area contributed by atoms with Crippen LogP contribution in [-0.2, 0) is 4.74 Å². The summed E-state index contributed by atoms with van der Waals surface area (Å²) in [5.74, 6) is 14.1. The monoisotopic (exact) mass is 468 g/mol. The molecule has 4 rings (SSSR count). The Balaban J connectivity index is 1.10. The lowest BCUT2D eigenvalue weighted by atomic mass is 9.65. The largest absolute Gasteiger partial charge is 0.379 e. The molecule has 0 atom stereocenters. The van der Waals surface area contributed by atoms with E-state index < -0.39 is 0 Å². The summed E-state index contributed by atoms with van der Waals surface area (Å²) >= 11 is 0. The summed E-state index contributed by atoms with van der Waals surface area (Å²) in [6.45, 7) is 5.32. The summed E-state index contributed by atoms with van der Waals surface area (Å²) in [5.41, 5.74) is 0. The Bertz CT molecular complexity index is 596. The Labute approximate surface area is 213 Å². The van der Waals surface area contributed by atoms with Gasteiger partial charge in [0.2, 0.25) is 0 Å². The van der Waals surface area contributed by atoms with Crippen molar-refractivity contribution in [3.63, 3.8) is 0 Å². The zero-order chi connectivity index (χ0) is 23.6. The maximum atomic E-state index is 5.81. The molecule has 0 amide bonds. The van der Waals surface area contributed by atoms with Crippen LogP contribution in [0.3, 0.4) is 0 Å². The molecule has 0 spiro atoms. The van der Waals surface area contributed by atoms with E-state index in [0.717, 1.165) is 36.2 Å². The van der Waals surface area contributed by atoms with Gasteiger partial charge < -0.3 is 4.74 Å². The molecule has 1 nitrogen and oxygen atoms in total. The molecule has 0 aromatic carbocycles. The van der Waals surface area contributed by atoms with Crippen LogP contribution in [0.4, 0.5) is 0 Å². The van der Waals surface area contributed by atoms with Crippen molar-refractivity contribution in [2.45, 2.75) is 148 Å². The standard InChI is InChI=1S/C33H56O/c1-3-5-6-7-26-10-16-29(17-11-26)31-20-22-32(23-21-31)30-18-12-27(13-19-30)8-9-28-14-24-33(25-15-28)34-4-2/h26-33H,3-7,10-25H2,1-2H3. The van der Waals surface area contributed by atoms with E-state index in [1.165, 1.54) is 77.0 Å². The topological polar surface area (TPSA) is 9.23 Å². The molecule has 0 aromatic heterocycles. The molecule has 0 N–H and O–H groups in total. The van der Waals surface area contributed by atoms with Crippen LogP contribution < -0.4 is 0 Å². The van der Waals surface area contributed by atoms with Gasteiger partial charge in [-0.1, -0.05) is 57.3 Å². The highest BCUT2D eigenvalue weighted by molar-refractivity contribution is 5.09. The number of hydrogen-bond donors (Lipinski definition) is 0. The fourth-order valence-electron chi connectivity index (χ4n) is 8.30. The van der Waals surface area contributed by atoms with Crippen LogP contribution in [0, 0.1) is 53.3 Å². The van der Waals surface area contributed by atoms with Crippen molar-refractivity contribution in [1.82, 2.24) is 0 Å². The van der Waals surface area contributed by atoms with Crippen molar-refractivity contribution in [3.05, 3.63) is 0 Å². The van der Waals surface area contributed by atoms with Crippen LogP contribution in [0.25, 0.3) is 0 Å². The molecule has 0 heterocycles.